The summed E-state index contributed by atoms with van der Waals surface area (Å²) in [7, 11) is 0. The van der Waals surface area contributed by atoms with Crippen molar-refractivity contribution in [3.8, 4) is 0 Å². The molecular weight excluding hydrogens is 424 g/mol. The van der Waals surface area contributed by atoms with Crippen molar-refractivity contribution in [2.75, 3.05) is 18.0 Å². The van der Waals surface area contributed by atoms with Gasteiger partial charge in [-0.05, 0) is 66.9 Å². The van der Waals surface area contributed by atoms with E-state index in [0.29, 0.717) is 22.7 Å². The first-order chi connectivity index (χ1) is 15.6. The van der Waals surface area contributed by atoms with Crippen LogP contribution in [0.5, 0.6) is 0 Å². The Labute approximate surface area is 192 Å². The molecule has 0 radical (unpaired) electrons. The van der Waals surface area contributed by atoms with Crippen LogP contribution in [0.2, 0.25) is 5.02 Å². The predicted octanol–water partition coefficient (Wildman–Crippen LogP) is 4.06. The fourth-order valence-corrected chi connectivity index (χ4v) is 3.98. The molecule has 0 saturated carbocycles. The highest BCUT2D eigenvalue weighted by Crippen LogP contribution is 2.24. The normalized spacial score (nSPS) is 14.1. The van der Waals surface area contributed by atoms with Crippen LogP contribution in [-0.4, -0.2) is 35.9 Å². The first-order valence-electron chi connectivity index (χ1n) is 10.7. The number of piperidine rings is 1. The van der Waals surface area contributed by atoms with Gasteiger partial charge in [0.05, 0.1) is 5.56 Å². The molecule has 0 aliphatic carbocycles. The van der Waals surface area contributed by atoms with Gasteiger partial charge in [-0.2, -0.15) is 0 Å². The molecule has 2 heterocycles. The number of nitrogens with zero attached hydrogens (tertiary/aromatic N) is 2. The number of carbonyl (C=O) groups excluding carboxylic acids is 2. The molecule has 1 fully saturated rings. The maximum absolute atomic E-state index is 12.9. The molecule has 32 heavy (non-hydrogen) atoms. The number of pyridine rings is 1. The van der Waals surface area contributed by atoms with Crippen molar-refractivity contribution < 1.29 is 9.59 Å². The number of aromatic nitrogens is 1. The molecular formula is C25H25ClN4O2. The summed E-state index contributed by atoms with van der Waals surface area (Å²) < 4.78 is 0. The highest BCUT2D eigenvalue weighted by Gasteiger charge is 2.24. The lowest BCUT2D eigenvalue weighted by atomic mass is 10.0. The maximum Gasteiger partial charge on any atom is 0.253 e. The quantitative estimate of drug-likeness (QED) is 0.596. The molecule has 4 rings (SSSR count). The lowest BCUT2D eigenvalue weighted by molar-refractivity contribution is 0.0929. The number of hydrogen-bond donors (Lipinski definition) is 2. The first-order valence-corrected chi connectivity index (χ1v) is 11.1. The lowest BCUT2D eigenvalue weighted by Crippen LogP contribution is -2.45. The molecule has 6 nitrogen and oxygen atoms in total. The Morgan fingerprint density at radius 1 is 0.938 bits per heavy atom. The summed E-state index contributed by atoms with van der Waals surface area (Å²) in [6.07, 6.45) is 5.05. The van der Waals surface area contributed by atoms with Crippen LogP contribution < -0.4 is 15.5 Å². The van der Waals surface area contributed by atoms with E-state index in [2.05, 4.69) is 20.5 Å². The fraction of sp³-hybridized carbons (Fsp3) is 0.240. The Hall–Kier alpha value is -3.38. The molecule has 0 bridgehead atoms. The van der Waals surface area contributed by atoms with Crippen molar-refractivity contribution in [1.82, 2.24) is 15.6 Å². The van der Waals surface area contributed by atoms with Gasteiger partial charge >= 0.3 is 0 Å². The fourth-order valence-electron chi connectivity index (χ4n) is 3.85. The number of amides is 2. The Morgan fingerprint density at radius 2 is 1.62 bits per heavy atom. The van der Waals surface area contributed by atoms with E-state index in [0.717, 1.165) is 37.2 Å². The van der Waals surface area contributed by atoms with Gasteiger partial charge in [0.2, 0.25) is 0 Å². The molecule has 0 unspecified atom stereocenters. The summed E-state index contributed by atoms with van der Waals surface area (Å²) in [5.41, 5.74) is 3.18. The van der Waals surface area contributed by atoms with Crippen LogP contribution in [0.25, 0.3) is 0 Å². The average molecular weight is 449 g/mol. The summed E-state index contributed by atoms with van der Waals surface area (Å²) in [6, 6.07) is 18.4. The molecule has 7 heteroatoms. The molecule has 1 saturated heterocycles. The van der Waals surface area contributed by atoms with Crippen molar-refractivity contribution in [1.29, 1.82) is 0 Å². The van der Waals surface area contributed by atoms with Crippen molar-refractivity contribution >= 4 is 29.1 Å². The molecule has 2 amide bonds. The second kappa shape index (κ2) is 10.3. The maximum atomic E-state index is 12.9. The van der Waals surface area contributed by atoms with Crippen molar-refractivity contribution in [2.24, 2.45) is 0 Å². The number of anilines is 1. The van der Waals surface area contributed by atoms with Crippen LogP contribution >= 0.6 is 11.6 Å². The summed E-state index contributed by atoms with van der Waals surface area (Å²) in [4.78, 5) is 31.5. The van der Waals surface area contributed by atoms with Gasteiger partial charge in [0, 0.05) is 54.3 Å². The Bertz CT molecular complexity index is 1060. The van der Waals surface area contributed by atoms with Crippen LogP contribution in [0.1, 0.15) is 39.1 Å². The van der Waals surface area contributed by atoms with Crippen molar-refractivity contribution in [3.05, 3.63) is 94.8 Å². The lowest BCUT2D eigenvalue weighted by Gasteiger charge is -2.35. The number of carbonyl (C=O) groups is 2. The molecule has 164 valence electrons. The summed E-state index contributed by atoms with van der Waals surface area (Å²) in [5, 5.41) is 6.71. The number of hydrogen-bond acceptors (Lipinski definition) is 4. The van der Waals surface area contributed by atoms with E-state index in [9.17, 15) is 9.59 Å². The van der Waals surface area contributed by atoms with E-state index in [1.165, 1.54) is 0 Å². The van der Waals surface area contributed by atoms with Crippen molar-refractivity contribution in [2.45, 2.75) is 25.4 Å². The second-order valence-corrected chi connectivity index (χ2v) is 8.23. The van der Waals surface area contributed by atoms with Gasteiger partial charge in [0.1, 0.15) is 0 Å². The van der Waals surface area contributed by atoms with E-state index < -0.39 is 0 Å². The Balaban J connectivity index is 1.35. The van der Waals surface area contributed by atoms with Gasteiger partial charge in [0.15, 0.2) is 0 Å². The zero-order valence-electron chi connectivity index (χ0n) is 17.6. The van der Waals surface area contributed by atoms with Gasteiger partial charge in [-0.1, -0.05) is 23.7 Å². The highest BCUT2D eigenvalue weighted by atomic mass is 35.5. The number of benzene rings is 2. The van der Waals surface area contributed by atoms with Gasteiger partial charge in [0.25, 0.3) is 11.8 Å². The van der Waals surface area contributed by atoms with Gasteiger partial charge in [-0.3, -0.25) is 14.6 Å². The van der Waals surface area contributed by atoms with Crippen LogP contribution in [-0.2, 0) is 6.54 Å². The van der Waals surface area contributed by atoms with Gasteiger partial charge < -0.3 is 15.5 Å². The zero-order chi connectivity index (χ0) is 22.3. The predicted molar refractivity (Wildman–Crippen MR) is 126 cm³/mol. The summed E-state index contributed by atoms with van der Waals surface area (Å²) >= 11 is 5.90. The smallest absolute Gasteiger partial charge is 0.253 e. The van der Waals surface area contributed by atoms with E-state index in [1.807, 2.05) is 36.4 Å². The minimum Gasteiger partial charge on any atom is -0.371 e. The molecule has 1 aliphatic rings. The highest BCUT2D eigenvalue weighted by molar-refractivity contribution is 6.30. The Kier molecular flexibility index (Phi) is 7.02. The third kappa shape index (κ3) is 5.45. The van der Waals surface area contributed by atoms with E-state index in [1.54, 1.807) is 36.7 Å². The number of nitrogens with one attached hydrogen (secondary N) is 2. The zero-order valence-corrected chi connectivity index (χ0v) is 18.4. The summed E-state index contributed by atoms with van der Waals surface area (Å²) in [5.74, 6) is -0.188. The molecule has 2 aromatic carbocycles. The molecule has 3 aromatic rings. The Morgan fingerprint density at radius 3 is 2.34 bits per heavy atom. The van der Waals surface area contributed by atoms with E-state index >= 15 is 0 Å². The van der Waals surface area contributed by atoms with Crippen molar-refractivity contribution in [3.63, 3.8) is 0 Å². The summed E-state index contributed by atoms with van der Waals surface area (Å²) in [6.45, 7) is 1.98. The van der Waals surface area contributed by atoms with Gasteiger partial charge in [-0.15, -0.1) is 0 Å². The molecule has 0 atom stereocenters. The average Bonchev–Trinajstić information content (AvgIpc) is 2.84. The standard InChI is InChI=1S/C25H25ClN4O2/c26-20-7-5-19(6-8-20)24(31)29-21-11-15-30(16-12-21)23-4-2-1-3-22(23)25(32)28-17-18-9-13-27-14-10-18/h1-10,13-14,21H,11-12,15-17H2,(H,28,32)(H,29,31). The number of rotatable bonds is 6. The third-order valence-electron chi connectivity index (χ3n) is 5.63. The van der Waals surface area contributed by atoms with Crippen LogP contribution in [0.3, 0.4) is 0 Å². The molecule has 0 spiro atoms. The first kappa shape index (κ1) is 21.8. The SMILES string of the molecule is O=C(NC1CCN(c2ccccc2C(=O)NCc2ccncc2)CC1)c1ccc(Cl)cc1. The topological polar surface area (TPSA) is 74.3 Å². The van der Waals surface area contributed by atoms with Crippen LogP contribution in [0.4, 0.5) is 5.69 Å². The minimum absolute atomic E-state index is 0.0870. The largest absolute Gasteiger partial charge is 0.371 e. The van der Waals surface area contributed by atoms with Crippen LogP contribution in [0.15, 0.2) is 73.1 Å². The number of halogens is 1. The monoisotopic (exact) mass is 448 g/mol. The van der Waals surface area contributed by atoms with Crippen LogP contribution in [0, 0.1) is 0 Å². The number of para-hydroxylation sites is 1. The second-order valence-electron chi connectivity index (χ2n) is 7.80. The van der Waals surface area contributed by atoms with Gasteiger partial charge in [-0.25, -0.2) is 0 Å². The molecule has 1 aliphatic heterocycles. The molecule has 2 N–H and O–H groups in total. The minimum atomic E-state index is -0.101. The van der Waals surface area contributed by atoms with E-state index in [-0.39, 0.29) is 17.9 Å². The third-order valence-corrected chi connectivity index (χ3v) is 5.88. The van der Waals surface area contributed by atoms with E-state index in [4.69, 9.17) is 11.6 Å². The molecule has 1 aromatic heterocycles.